The number of nitro benzene ring substituents is 1. The van der Waals surface area contributed by atoms with Crippen LogP contribution in [0.15, 0.2) is 30.4 Å². The third-order valence-corrected chi connectivity index (χ3v) is 4.07. The summed E-state index contributed by atoms with van der Waals surface area (Å²) in [6.07, 6.45) is 0.0245. The molecule has 0 N–H and O–H groups in total. The van der Waals surface area contributed by atoms with E-state index in [2.05, 4.69) is 6.58 Å². The Morgan fingerprint density at radius 2 is 2.20 bits per heavy atom. The number of likely N-dealkylation sites (N-methyl/N-ethyl adjacent to an activating group) is 1. The summed E-state index contributed by atoms with van der Waals surface area (Å²) < 4.78 is 13.5. The Labute approximate surface area is 144 Å². The quantitative estimate of drug-likeness (QED) is 0.449. The molecule has 7 nitrogen and oxygen atoms in total. The zero-order chi connectivity index (χ0) is 18.7. The van der Waals surface area contributed by atoms with Crippen molar-refractivity contribution in [3.8, 4) is 0 Å². The lowest BCUT2D eigenvalue weighted by atomic mass is 10.1. The van der Waals surface area contributed by atoms with Gasteiger partial charge in [0, 0.05) is 32.1 Å². The summed E-state index contributed by atoms with van der Waals surface area (Å²) >= 11 is 0. The van der Waals surface area contributed by atoms with Crippen LogP contribution in [0.3, 0.4) is 0 Å². The van der Waals surface area contributed by atoms with Gasteiger partial charge in [-0.3, -0.25) is 19.7 Å². The molecule has 0 spiro atoms. The fourth-order valence-electron chi connectivity index (χ4n) is 2.86. The third kappa shape index (κ3) is 4.01. The van der Waals surface area contributed by atoms with E-state index in [4.69, 9.17) is 0 Å². The van der Waals surface area contributed by atoms with Crippen molar-refractivity contribution in [3.63, 3.8) is 0 Å². The molecule has 0 aliphatic carbocycles. The molecule has 0 radical (unpaired) electrons. The molecule has 1 saturated heterocycles. The topological polar surface area (TPSA) is 83.8 Å². The van der Waals surface area contributed by atoms with E-state index in [1.54, 1.807) is 4.90 Å². The predicted octanol–water partition coefficient (Wildman–Crippen LogP) is 2.51. The first-order valence-corrected chi connectivity index (χ1v) is 7.92. The summed E-state index contributed by atoms with van der Waals surface area (Å²) in [7, 11) is 0. The molecule has 1 atom stereocenters. The van der Waals surface area contributed by atoms with Gasteiger partial charge in [0.2, 0.25) is 17.6 Å². The number of rotatable bonds is 6. The number of anilines is 1. The van der Waals surface area contributed by atoms with Crippen LogP contribution in [0.2, 0.25) is 0 Å². The van der Waals surface area contributed by atoms with E-state index in [0.717, 1.165) is 17.7 Å². The van der Waals surface area contributed by atoms with E-state index in [-0.39, 0.29) is 30.5 Å². The summed E-state index contributed by atoms with van der Waals surface area (Å²) in [5.74, 6) is -1.97. The molecule has 0 saturated carbocycles. The Kier molecular flexibility index (Phi) is 5.51. The zero-order valence-electron chi connectivity index (χ0n) is 14.2. The number of carbonyl (C=O) groups is 2. The molecule has 1 aliphatic rings. The number of hydrogen-bond acceptors (Lipinski definition) is 4. The molecule has 1 unspecified atom stereocenters. The van der Waals surface area contributed by atoms with Crippen molar-refractivity contribution in [3.05, 3.63) is 46.3 Å². The molecule has 0 bridgehead atoms. The van der Waals surface area contributed by atoms with E-state index < -0.39 is 22.3 Å². The van der Waals surface area contributed by atoms with Crippen LogP contribution < -0.4 is 4.90 Å². The van der Waals surface area contributed by atoms with Gasteiger partial charge in [-0.1, -0.05) is 12.2 Å². The minimum absolute atomic E-state index is 0.0245. The first-order valence-electron chi connectivity index (χ1n) is 7.92. The number of benzene rings is 1. The predicted molar refractivity (Wildman–Crippen MR) is 90.6 cm³/mol. The summed E-state index contributed by atoms with van der Waals surface area (Å²) in [6.45, 7) is 8.49. The number of nitrogens with zero attached hydrogens (tertiary/aromatic N) is 3. The average molecular weight is 349 g/mol. The standard InChI is InChI=1S/C17H20FN3O4/c1-4-19(9-11(2)3)17(23)12-7-16(22)20(10-12)13-5-6-14(18)15(8-13)21(24)25/h5-6,8,12H,2,4,7,9-10H2,1,3H3. The first kappa shape index (κ1) is 18.6. The number of amides is 2. The van der Waals surface area contributed by atoms with Crippen LogP contribution in [-0.4, -0.2) is 41.3 Å². The highest BCUT2D eigenvalue weighted by Crippen LogP contribution is 2.30. The van der Waals surface area contributed by atoms with Crippen molar-refractivity contribution >= 4 is 23.2 Å². The molecule has 2 amide bonds. The number of nitro groups is 1. The van der Waals surface area contributed by atoms with Gasteiger partial charge in [-0.2, -0.15) is 4.39 Å². The highest BCUT2D eigenvalue weighted by molar-refractivity contribution is 6.00. The largest absolute Gasteiger partial charge is 0.339 e. The van der Waals surface area contributed by atoms with Gasteiger partial charge in [-0.25, -0.2) is 0 Å². The molecular formula is C17H20FN3O4. The average Bonchev–Trinajstić information content (AvgIpc) is 2.93. The Bertz CT molecular complexity index is 735. The van der Waals surface area contributed by atoms with Crippen molar-refractivity contribution in [2.75, 3.05) is 24.5 Å². The summed E-state index contributed by atoms with van der Waals surface area (Å²) in [6, 6.07) is 3.28. The van der Waals surface area contributed by atoms with Crippen LogP contribution in [-0.2, 0) is 9.59 Å². The van der Waals surface area contributed by atoms with E-state index in [9.17, 15) is 24.1 Å². The molecule has 1 aliphatic heterocycles. The maximum atomic E-state index is 13.5. The highest BCUT2D eigenvalue weighted by Gasteiger charge is 2.37. The molecule has 1 aromatic carbocycles. The zero-order valence-corrected chi connectivity index (χ0v) is 14.2. The second-order valence-corrected chi connectivity index (χ2v) is 6.11. The van der Waals surface area contributed by atoms with Gasteiger partial charge >= 0.3 is 5.69 Å². The van der Waals surface area contributed by atoms with Crippen molar-refractivity contribution in [1.29, 1.82) is 0 Å². The van der Waals surface area contributed by atoms with Crippen molar-refractivity contribution in [2.45, 2.75) is 20.3 Å². The third-order valence-electron chi connectivity index (χ3n) is 4.07. The summed E-state index contributed by atoms with van der Waals surface area (Å²) in [5, 5.41) is 10.9. The lowest BCUT2D eigenvalue weighted by Gasteiger charge is -2.24. The molecule has 1 fully saturated rings. The van der Waals surface area contributed by atoms with Crippen molar-refractivity contribution < 1.29 is 18.9 Å². The molecular weight excluding hydrogens is 329 g/mol. The summed E-state index contributed by atoms with van der Waals surface area (Å²) in [5.41, 5.74) is 0.361. The van der Waals surface area contributed by atoms with E-state index in [1.807, 2.05) is 13.8 Å². The normalized spacial score (nSPS) is 16.8. The molecule has 1 aromatic rings. The lowest BCUT2D eigenvalue weighted by molar-refractivity contribution is -0.387. The Hall–Kier alpha value is -2.77. The maximum Gasteiger partial charge on any atom is 0.306 e. The number of halogens is 1. The molecule has 0 aromatic heterocycles. The van der Waals surface area contributed by atoms with Gasteiger partial charge in [-0.05, 0) is 26.0 Å². The van der Waals surface area contributed by atoms with Crippen LogP contribution in [0.25, 0.3) is 0 Å². The van der Waals surface area contributed by atoms with Crippen LogP contribution in [0.4, 0.5) is 15.8 Å². The first-order chi connectivity index (χ1) is 11.7. The van der Waals surface area contributed by atoms with Crippen molar-refractivity contribution in [2.24, 2.45) is 5.92 Å². The molecule has 134 valence electrons. The van der Waals surface area contributed by atoms with Gasteiger partial charge in [0.25, 0.3) is 0 Å². The summed E-state index contributed by atoms with van der Waals surface area (Å²) in [4.78, 5) is 37.8. The Morgan fingerprint density at radius 1 is 1.52 bits per heavy atom. The monoisotopic (exact) mass is 349 g/mol. The molecule has 25 heavy (non-hydrogen) atoms. The fraction of sp³-hybridized carbons (Fsp3) is 0.412. The minimum Gasteiger partial charge on any atom is -0.339 e. The van der Waals surface area contributed by atoms with Crippen molar-refractivity contribution in [1.82, 2.24) is 4.90 Å². The van der Waals surface area contributed by atoms with Crippen LogP contribution in [0, 0.1) is 21.8 Å². The molecule has 1 heterocycles. The maximum absolute atomic E-state index is 13.5. The number of carbonyl (C=O) groups excluding carboxylic acids is 2. The Balaban J connectivity index is 2.20. The van der Waals surface area contributed by atoms with E-state index >= 15 is 0 Å². The second kappa shape index (κ2) is 7.42. The van der Waals surface area contributed by atoms with Gasteiger partial charge in [0.1, 0.15) is 0 Å². The minimum atomic E-state index is -0.966. The van der Waals surface area contributed by atoms with Gasteiger partial charge in [0.05, 0.1) is 16.5 Å². The van der Waals surface area contributed by atoms with Gasteiger partial charge < -0.3 is 9.80 Å². The lowest BCUT2D eigenvalue weighted by Crippen LogP contribution is -2.38. The Morgan fingerprint density at radius 3 is 2.76 bits per heavy atom. The SMILES string of the molecule is C=C(C)CN(CC)C(=O)C1CC(=O)N(c2ccc(F)c([N+](=O)[O-])c2)C1. The van der Waals surface area contributed by atoms with E-state index in [1.165, 1.54) is 11.0 Å². The number of hydrogen-bond donors (Lipinski definition) is 0. The van der Waals surface area contributed by atoms with Crippen LogP contribution in [0.1, 0.15) is 20.3 Å². The fourth-order valence-corrected chi connectivity index (χ4v) is 2.86. The smallest absolute Gasteiger partial charge is 0.306 e. The second-order valence-electron chi connectivity index (χ2n) is 6.11. The highest BCUT2D eigenvalue weighted by atomic mass is 19.1. The van der Waals surface area contributed by atoms with Gasteiger partial charge in [0.15, 0.2) is 0 Å². The molecule has 8 heteroatoms. The van der Waals surface area contributed by atoms with E-state index in [0.29, 0.717) is 13.1 Å². The van der Waals surface area contributed by atoms with Gasteiger partial charge in [-0.15, -0.1) is 0 Å². The van der Waals surface area contributed by atoms with Crippen LogP contribution >= 0.6 is 0 Å². The molecule has 2 rings (SSSR count). The van der Waals surface area contributed by atoms with Crippen LogP contribution in [0.5, 0.6) is 0 Å².